The van der Waals surface area contributed by atoms with E-state index in [0.29, 0.717) is 12.0 Å². The molecule has 5 unspecified atom stereocenters. The molecule has 3 rings (SSSR count). The van der Waals surface area contributed by atoms with Crippen molar-refractivity contribution in [3.8, 4) is 6.07 Å². The number of nitriles is 1. The van der Waals surface area contributed by atoms with Crippen molar-refractivity contribution in [3.05, 3.63) is 0 Å². The minimum atomic E-state index is -0.0203. The highest BCUT2D eigenvalue weighted by atomic mass is 16.2. The van der Waals surface area contributed by atoms with Gasteiger partial charge in [0, 0.05) is 12.1 Å². The number of rotatable bonds is 2. The first kappa shape index (κ1) is 12.9. The number of hydrogen-bond donors (Lipinski definition) is 2. The molecule has 1 saturated heterocycles. The molecule has 0 bridgehead atoms. The Morgan fingerprint density at radius 3 is 2.79 bits per heavy atom. The van der Waals surface area contributed by atoms with Crippen LogP contribution in [0.3, 0.4) is 0 Å². The van der Waals surface area contributed by atoms with Crippen molar-refractivity contribution in [1.29, 1.82) is 5.26 Å². The molecule has 0 radical (unpaired) electrons. The van der Waals surface area contributed by atoms with Gasteiger partial charge in [0.25, 0.3) is 0 Å². The van der Waals surface area contributed by atoms with Crippen molar-refractivity contribution in [2.75, 3.05) is 0 Å². The van der Waals surface area contributed by atoms with E-state index in [2.05, 4.69) is 16.7 Å². The SMILES string of the molecule is N#CC1CCCC1NC(=O)C1CC2CCCCC2N1. The van der Waals surface area contributed by atoms with Crippen LogP contribution in [0.25, 0.3) is 0 Å². The zero-order valence-corrected chi connectivity index (χ0v) is 11.4. The zero-order valence-electron chi connectivity index (χ0n) is 11.4. The van der Waals surface area contributed by atoms with Gasteiger partial charge in [0.15, 0.2) is 0 Å². The fourth-order valence-corrected chi connectivity index (χ4v) is 4.09. The number of carbonyl (C=O) groups excluding carboxylic acids is 1. The summed E-state index contributed by atoms with van der Waals surface area (Å²) in [5.74, 6) is 0.842. The Balaban J connectivity index is 1.55. The third-order valence-electron chi connectivity index (χ3n) is 5.19. The Morgan fingerprint density at radius 2 is 2.00 bits per heavy atom. The Morgan fingerprint density at radius 1 is 1.16 bits per heavy atom. The van der Waals surface area contributed by atoms with E-state index >= 15 is 0 Å². The predicted molar refractivity (Wildman–Crippen MR) is 72.2 cm³/mol. The van der Waals surface area contributed by atoms with Crippen molar-refractivity contribution in [3.63, 3.8) is 0 Å². The quantitative estimate of drug-likeness (QED) is 0.795. The Kier molecular flexibility index (Phi) is 3.74. The molecule has 2 aliphatic carbocycles. The molecule has 0 aromatic rings. The molecular formula is C15H23N3O. The first-order valence-electron chi connectivity index (χ1n) is 7.74. The normalized spacial score (nSPS) is 41.5. The van der Waals surface area contributed by atoms with Gasteiger partial charge < -0.3 is 10.6 Å². The third kappa shape index (κ3) is 2.62. The van der Waals surface area contributed by atoms with E-state index in [1.807, 2.05) is 0 Å². The van der Waals surface area contributed by atoms with Gasteiger partial charge in [-0.05, 0) is 44.4 Å². The average molecular weight is 261 g/mol. The van der Waals surface area contributed by atoms with Crippen LogP contribution in [-0.2, 0) is 4.79 Å². The maximum Gasteiger partial charge on any atom is 0.237 e. The van der Waals surface area contributed by atoms with Crippen LogP contribution in [0.15, 0.2) is 0 Å². The average Bonchev–Trinajstić information content (AvgIpc) is 3.03. The van der Waals surface area contributed by atoms with Crippen molar-refractivity contribution >= 4 is 5.91 Å². The lowest BCUT2D eigenvalue weighted by atomic mass is 9.85. The van der Waals surface area contributed by atoms with Gasteiger partial charge in [-0.1, -0.05) is 12.8 Å². The summed E-state index contributed by atoms with van der Waals surface area (Å²) in [7, 11) is 0. The number of nitrogens with one attached hydrogen (secondary N) is 2. The van der Waals surface area contributed by atoms with E-state index in [0.717, 1.165) is 25.7 Å². The number of fused-ring (bicyclic) bond motifs is 1. The molecule has 4 nitrogen and oxygen atoms in total. The summed E-state index contributed by atoms with van der Waals surface area (Å²) >= 11 is 0. The van der Waals surface area contributed by atoms with Crippen LogP contribution in [-0.4, -0.2) is 24.0 Å². The summed E-state index contributed by atoms with van der Waals surface area (Å²) in [6.45, 7) is 0. The summed E-state index contributed by atoms with van der Waals surface area (Å²) < 4.78 is 0. The minimum absolute atomic E-state index is 0.0203. The summed E-state index contributed by atoms with van der Waals surface area (Å²) in [6, 6.07) is 2.94. The van der Waals surface area contributed by atoms with E-state index in [4.69, 9.17) is 5.26 Å². The highest BCUT2D eigenvalue weighted by molar-refractivity contribution is 5.82. The van der Waals surface area contributed by atoms with Crippen molar-refractivity contribution < 1.29 is 4.79 Å². The largest absolute Gasteiger partial charge is 0.351 e. The minimum Gasteiger partial charge on any atom is -0.351 e. The molecule has 1 aliphatic heterocycles. The van der Waals surface area contributed by atoms with E-state index in [9.17, 15) is 4.79 Å². The van der Waals surface area contributed by atoms with Gasteiger partial charge in [-0.25, -0.2) is 0 Å². The maximum atomic E-state index is 12.3. The van der Waals surface area contributed by atoms with Crippen molar-refractivity contribution in [2.24, 2.45) is 11.8 Å². The fourth-order valence-electron chi connectivity index (χ4n) is 4.09. The van der Waals surface area contributed by atoms with Crippen LogP contribution in [0.4, 0.5) is 0 Å². The van der Waals surface area contributed by atoms with Gasteiger partial charge in [0.1, 0.15) is 0 Å². The Labute approximate surface area is 114 Å². The molecule has 3 fully saturated rings. The molecular weight excluding hydrogens is 238 g/mol. The second kappa shape index (κ2) is 5.50. The van der Waals surface area contributed by atoms with Gasteiger partial charge >= 0.3 is 0 Å². The molecule has 1 amide bonds. The summed E-state index contributed by atoms with van der Waals surface area (Å²) in [5.41, 5.74) is 0. The zero-order chi connectivity index (χ0) is 13.2. The lowest BCUT2D eigenvalue weighted by Gasteiger charge is -2.24. The van der Waals surface area contributed by atoms with Gasteiger partial charge in [-0.15, -0.1) is 0 Å². The summed E-state index contributed by atoms with van der Waals surface area (Å²) in [5, 5.41) is 15.7. The molecule has 2 N–H and O–H groups in total. The molecule has 3 aliphatic rings. The van der Waals surface area contributed by atoms with Gasteiger partial charge in [0.05, 0.1) is 18.0 Å². The lowest BCUT2D eigenvalue weighted by Crippen LogP contribution is -2.47. The molecule has 2 saturated carbocycles. The monoisotopic (exact) mass is 261 g/mol. The van der Waals surface area contributed by atoms with Crippen LogP contribution in [0.1, 0.15) is 51.4 Å². The molecule has 4 heteroatoms. The number of nitrogens with zero attached hydrogens (tertiary/aromatic N) is 1. The number of hydrogen-bond acceptors (Lipinski definition) is 3. The van der Waals surface area contributed by atoms with Crippen LogP contribution in [0, 0.1) is 23.2 Å². The smallest absolute Gasteiger partial charge is 0.237 e. The molecule has 5 atom stereocenters. The van der Waals surface area contributed by atoms with Crippen LogP contribution in [0.2, 0.25) is 0 Å². The number of carbonyl (C=O) groups is 1. The second-order valence-electron chi connectivity index (χ2n) is 6.39. The first-order valence-corrected chi connectivity index (χ1v) is 7.74. The van der Waals surface area contributed by atoms with Crippen LogP contribution < -0.4 is 10.6 Å². The van der Waals surface area contributed by atoms with Crippen molar-refractivity contribution in [1.82, 2.24) is 10.6 Å². The van der Waals surface area contributed by atoms with Gasteiger partial charge in [0.2, 0.25) is 5.91 Å². The van der Waals surface area contributed by atoms with Crippen LogP contribution >= 0.6 is 0 Å². The fraction of sp³-hybridized carbons (Fsp3) is 0.867. The highest BCUT2D eigenvalue weighted by Crippen LogP contribution is 2.33. The summed E-state index contributed by atoms with van der Waals surface area (Å²) in [4.78, 5) is 12.3. The van der Waals surface area contributed by atoms with Gasteiger partial charge in [-0.2, -0.15) is 5.26 Å². The second-order valence-corrected chi connectivity index (χ2v) is 6.39. The third-order valence-corrected chi connectivity index (χ3v) is 5.19. The Bertz CT molecular complexity index is 375. The Hall–Kier alpha value is -1.08. The molecule has 104 valence electrons. The van der Waals surface area contributed by atoms with E-state index in [-0.39, 0.29) is 23.9 Å². The van der Waals surface area contributed by atoms with Crippen molar-refractivity contribution in [2.45, 2.75) is 69.5 Å². The lowest BCUT2D eigenvalue weighted by molar-refractivity contribution is -0.123. The topological polar surface area (TPSA) is 64.9 Å². The molecule has 0 aromatic carbocycles. The molecule has 1 heterocycles. The first-order chi connectivity index (χ1) is 9.28. The maximum absolute atomic E-state index is 12.3. The summed E-state index contributed by atoms with van der Waals surface area (Å²) in [6.07, 6.45) is 9.05. The standard InChI is InChI=1S/C15H23N3O/c16-9-11-5-3-7-13(11)18-15(19)14-8-10-4-1-2-6-12(10)17-14/h10-14,17H,1-8H2,(H,18,19). The van der Waals surface area contributed by atoms with Crippen LogP contribution in [0.5, 0.6) is 0 Å². The van der Waals surface area contributed by atoms with E-state index in [1.54, 1.807) is 0 Å². The van der Waals surface area contributed by atoms with E-state index in [1.165, 1.54) is 25.7 Å². The number of amides is 1. The molecule has 0 aromatic heterocycles. The molecule has 0 spiro atoms. The predicted octanol–water partition coefficient (Wildman–Crippen LogP) is 1.72. The highest BCUT2D eigenvalue weighted by Gasteiger charge is 2.39. The van der Waals surface area contributed by atoms with Gasteiger partial charge in [-0.3, -0.25) is 4.79 Å². The van der Waals surface area contributed by atoms with E-state index < -0.39 is 0 Å². The molecule has 19 heavy (non-hydrogen) atoms.